The average molecular weight is 1410 g/mol. The molecule has 4 rings (SSSR count). The second kappa shape index (κ2) is 40.9. The van der Waals surface area contributed by atoms with Crippen LogP contribution in [0.4, 0.5) is 23.7 Å². The van der Waals surface area contributed by atoms with Gasteiger partial charge in [0.15, 0.2) is 0 Å². The Kier molecular flexibility index (Phi) is 34.7. The highest BCUT2D eigenvalue weighted by Gasteiger charge is 2.48. The maximum absolute atomic E-state index is 14.6. The molecule has 2 heterocycles. The van der Waals surface area contributed by atoms with Crippen molar-refractivity contribution in [2.45, 2.75) is 226 Å². The van der Waals surface area contributed by atoms with Crippen LogP contribution in [0.2, 0.25) is 0 Å². The molecular weight excluding hydrogens is 1300 g/mol. The first-order valence-corrected chi connectivity index (χ1v) is 35.4. The summed E-state index contributed by atoms with van der Waals surface area (Å²) in [6.45, 7) is 20.6. The number of nitrogens with one attached hydrogen (secondary N) is 8. The quantitative estimate of drug-likeness (QED) is 0.0366. The van der Waals surface area contributed by atoms with E-state index >= 15 is 0 Å². The molecule has 0 aromatic heterocycles. The molecule has 0 aliphatic carbocycles. The van der Waals surface area contributed by atoms with Gasteiger partial charge in [0.05, 0.1) is 42.7 Å². The number of hydrogen-bond donors (Lipinski definition) is 9. The van der Waals surface area contributed by atoms with Gasteiger partial charge in [0.1, 0.15) is 30.2 Å². The molecule has 0 spiro atoms. The van der Waals surface area contributed by atoms with Crippen LogP contribution >= 0.6 is 0 Å². The molecule has 2 aliphatic heterocycles. The number of urea groups is 1. The van der Waals surface area contributed by atoms with Gasteiger partial charge in [-0.3, -0.25) is 53.0 Å². The Morgan fingerprint density at radius 2 is 1.32 bits per heavy atom. The Morgan fingerprint density at radius 3 is 1.88 bits per heavy atom. The molecule has 11 amide bonds. The lowest BCUT2D eigenvalue weighted by molar-refractivity contribution is -0.196. The fourth-order valence-corrected chi connectivity index (χ4v) is 13.6. The maximum Gasteiger partial charge on any atom is 0.404 e. The van der Waals surface area contributed by atoms with Crippen LogP contribution in [0.15, 0.2) is 54.6 Å². The van der Waals surface area contributed by atoms with Crippen molar-refractivity contribution in [3.8, 4) is 0 Å². The van der Waals surface area contributed by atoms with Gasteiger partial charge in [0.25, 0.3) is 0 Å². The number of carbonyl (C=O) groups excluding carboxylic acids is 10. The first kappa shape index (κ1) is 85.0. The van der Waals surface area contributed by atoms with E-state index in [1.165, 1.54) is 19.1 Å². The lowest BCUT2D eigenvalue weighted by Crippen LogP contribution is -2.59. The molecule has 562 valence electrons. The summed E-state index contributed by atoms with van der Waals surface area (Å²) in [6, 6.07) is 7.07. The smallest absolute Gasteiger partial charge is 0.379 e. The minimum Gasteiger partial charge on any atom is -0.379 e. The Morgan fingerprint density at radius 1 is 0.680 bits per heavy atom. The second-order valence-corrected chi connectivity index (χ2v) is 28.5. The maximum atomic E-state index is 14.6. The molecule has 25 nitrogen and oxygen atoms in total. The van der Waals surface area contributed by atoms with Gasteiger partial charge in [-0.05, 0) is 133 Å². The summed E-state index contributed by atoms with van der Waals surface area (Å²) in [5.74, 6) is -6.61. The van der Waals surface area contributed by atoms with E-state index in [1.807, 2.05) is 90.9 Å². The molecule has 2 unspecified atom stereocenters. The number of benzene rings is 2. The number of halogens is 3. The van der Waals surface area contributed by atoms with Gasteiger partial charge in [0, 0.05) is 71.4 Å². The monoisotopic (exact) mass is 1410 g/mol. The number of primary amides is 1. The van der Waals surface area contributed by atoms with Crippen molar-refractivity contribution in [1.82, 2.24) is 56.8 Å². The summed E-state index contributed by atoms with van der Waals surface area (Å²) in [4.78, 5) is 143. The Labute approximate surface area is 589 Å². The minimum absolute atomic E-state index is 0.0115. The van der Waals surface area contributed by atoms with E-state index in [-0.39, 0.29) is 113 Å². The minimum atomic E-state index is -4.60. The first-order valence-electron chi connectivity index (χ1n) is 35.4. The van der Waals surface area contributed by atoms with Gasteiger partial charge < -0.3 is 67.5 Å². The van der Waals surface area contributed by atoms with Crippen LogP contribution in [-0.2, 0) is 65.6 Å². The third-order valence-corrected chi connectivity index (χ3v) is 19.2. The van der Waals surface area contributed by atoms with E-state index in [1.54, 1.807) is 75.7 Å². The molecule has 0 bridgehead atoms. The molecule has 2 saturated heterocycles. The van der Waals surface area contributed by atoms with E-state index in [0.717, 1.165) is 5.56 Å². The number of nitrogens with two attached hydrogens (primary N) is 1. The van der Waals surface area contributed by atoms with Crippen LogP contribution in [-0.4, -0.2) is 213 Å². The van der Waals surface area contributed by atoms with Crippen molar-refractivity contribution in [2.75, 3.05) is 66.9 Å². The van der Waals surface area contributed by atoms with Crippen LogP contribution in [0.3, 0.4) is 0 Å². The van der Waals surface area contributed by atoms with Crippen molar-refractivity contribution in [1.29, 1.82) is 0 Å². The third-order valence-electron chi connectivity index (χ3n) is 19.2. The highest BCUT2D eigenvalue weighted by atomic mass is 19.4. The van der Waals surface area contributed by atoms with Crippen molar-refractivity contribution in [3.63, 3.8) is 0 Å². The standard InChI is InChI=1S/C72H116F3N13O12/c1-17-46(10)62(86(14)70(97)60(43(4)5)84-69(96)61(44(6)7)85(12)13)55(99-15)40-58(90)88-36-22-27-54(88)63(100-16)47(11)64(91)82-53(38-48-24-19-18-20-25-48)66(93)78-41-49-29-31-51(32-30-49)80-67(94)52(26-21-34-77-71(76)98)81-68(95)59(42(2)3)83-57(89)28-23-35-87-37-33-50(65(92)79-45(8)9)39-56(87)72(73,74)75/h18-20,24-25,29-32,42-47,50,52-56,59-63H,17,21-23,26-28,33-41H2,1-16H3,(H,78,93)(H,79,92)(H,80,94)(H,81,95)(H,82,91)(H,83,89)(H,84,96)(H3,76,77,98)/t46-,47+,50?,52-,53-,54-,55+,56?,59-,60-,61-,62-,63+/m0/s1. The molecule has 100 heavy (non-hydrogen) atoms. The van der Waals surface area contributed by atoms with Crippen molar-refractivity contribution in [3.05, 3.63) is 65.7 Å². The second-order valence-electron chi connectivity index (χ2n) is 28.5. The number of alkyl halides is 3. The molecular formula is C72H116F3N13O12. The number of carbonyl (C=O) groups is 10. The first-order chi connectivity index (χ1) is 47.0. The lowest BCUT2D eigenvalue weighted by Gasteiger charge is -2.41. The molecule has 2 aromatic carbocycles. The summed E-state index contributed by atoms with van der Waals surface area (Å²) < 4.78 is 54.9. The van der Waals surface area contributed by atoms with E-state index < -0.39 is 132 Å². The number of ether oxygens (including phenoxy) is 2. The number of amides is 11. The zero-order valence-electron chi connectivity index (χ0n) is 61.7. The van der Waals surface area contributed by atoms with Gasteiger partial charge in [-0.1, -0.05) is 111 Å². The number of nitrogens with zero attached hydrogens (tertiary/aromatic N) is 4. The van der Waals surface area contributed by atoms with Gasteiger partial charge in [-0.2, -0.15) is 13.2 Å². The van der Waals surface area contributed by atoms with Crippen LogP contribution < -0.4 is 48.3 Å². The van der Waals surface area contributed by atoms with Crippen LogP contribution in [0, 0.1) is 35.5 Å². The summed E-state index contributed by atoms with van der Waals surface area (Å²) in [5.41, 5.74) is 6.99. The Bertz CT molecular complexity index is 2970. The fourth-order valence-electron chi connectivity index (χ4n) is 13.6. The molecule has 0 saturated carbocycles. The summed E-state index contributed by atoms with van der Waals surface area (Å²) in [6.07, 6.45) is -4.33. The zero-order valence-corrected chi connectivity index (χ0v) is 61.7. The number of likely N-dealkylation sites (tertiary alicyclic amines) is 2. The molecule has 2 fully saturated rings. The molecule has 13 atom stereocenters. The van der Waals surface area contributed by atoms with Gasteiger partial charge in [-0.15, -0.1) is 0 Å². The number of hydrogen-bond acceptors (Lipinski definition) is 14. The van der Waals surface area contributed by atoms with E-state index in [0.29, 0.717) is 37.1 Å². The third kappa shape index (κ3) is 25.9. The summed E-state index contributed by atoms with van der Waals surface area (Å²) >= 11 is 0. The van der Waals surface area contributed by atoms with Crippen LogP contribution in [0.1, 0.15) is 151 Å². The number of piperidine rings is 1. The SMILES string of the molecule is CC[C@H](C)[C@@H]([C@@H](CC(=O)N1CCC[C@H]1[C@H](OC)[C@@H](C)C(=O)N[C@@H](Cc1ccccc1)C(=O)NCc1ccc(NC(=O)[C@H](CCCNC(N)=O)NC(=O)[C@@H](NC(=O)CCCN2CCC(C(=O)NC(C)C)CC2C(F)(F)F)C(C)C)cc1)OC)N(C)C(=O)[C@@H](NC(=O)[C@H](C(C)C)N(C)C)C(C)C. The number of anilines is 1. The average Bonchev–Trinajstić information content (AvgIpc) is 1.75. The lowest BCUT2D eigenvalue weighted by atomic mass is 9.89. The molecule has 28 heteroatoms. The molecule has 0 radical (unpaired) electrons. The molecule has 2 aromatic rings. The Hall–Kier alpha value is -7.43. The zero-order chi connectivity index (χ0) is 74.9. The number of methoxy groups -OCH3 is 2. The molecule has 10 N–H and O–H groups in total. The van der Waals surface area contributed by atoms with E-state index in [9.17, 15) is 61.1 Å². The predicted molar refractivity (Wildman–Crippen MR) is 376 cm³/mol. The predicted octanol–water partition coefficient (Wildman–Crippen LogP) is 5.64. The summed E-state index contributed by atoms with van der Waals surface area (Å²) in [5, 5.41) is 22.3. The number of likely N-dealkylation sites (N-methyl/N-ethyl adjacent to an activating group) is 2. The largest absolute Gasteiger partial charge is 0.404 e. The molecule has 2 aliphatic rings. The van der Waals surface area contributed by atoms with Crippen molar-refractivity contribution in [2.24, 2.45) is 41.2 Å². The van der Waals surface area contributed by atoms with Gasteiger partial charge in [-0.25, -0.2) is 4.79 Å². The summed E-state index contributed by atoms with van der Waals surface area (Å²) in [7, 11) is 8.35. The van der Waals surface area contributed by atoms with Crippen LogP contribution in [0.25, 0.3) is 0 Å². The Balaban J connectivity index is 1.43. The van der Waals surface area contributed by atoms with Gasteiger partial charge >= 0.3 is 12.2 Å². The van der Waals surface area contributed by atoms with E-state index in [4.69, 9.17) is 15.2 Å². The highest BCUT2D eigenvalue weighted by Crippen LogP contribution is 2.35. The van der Waals surface area contributed by atoms with Gasteiger partial charge in [0.2, 0.25) is 53.2 Å². The van der Waals surface area contributed by atoms with Crippen molar-refractivity contribution < 1.29 is 70.6 Å². The highest BCUT2D eigenvalue weighted by molar-refractivity contribution is 5.98. The van der Waals surface area contributed by atoms with Crippen molar-refractivity contribution >= 4 is 64.9 Å². The van der Waals surface area contributed by atoms with E-state index in [2.05, 4.69) is 42.5 Å². The fraction of sp³-hybridized carbons (Fsp3) is 0.694. The normalized spacial score (nSPS) is 18.9. The topological polar surface area (TPSA) is 324 Å². The van der Waals surface area contributed by atoms with Crippen LogP contribution in [0.5, 0.6) is 0 Å². The number of rotatable bonds is 39.